The Morgan fingerprint density at radius 2 is 0.635 bits per heavy atom. The van der Waals surface area contributed by atoms with E-state index in [0.717, 1.165) is 60.7 Å². The summed E-state index contributed by atoms with van der Waals surface area (Å²) in [6.07, 6.45) is -29.7. The van der Waals surface area contributed by atoms with Crippen LogP contribution in [-0.2, 0) is 66.8 Å². The van der Waals surface area contributed by atoms with Crippen LogP contribution in [0.3, 0.4) is 0 Å². The molecular formula is C64H42F18N4O10. The molecule has 3 aliphatic rings. The van der Waals surface area contributed by atoms with E-state index in [0.29, 0.717) is 39.8 Å². The first-order valence-electron chi connectivity index (χ1n) is 27.5. The number of aromatic nitrogens is 4. The molecule has 0 unspecified atom stereocenters. The minimum absolute atomic E-state index is 0.185. The third-order valence-electron chi connectivity index (χ3n) is 16.7. The van der Waals surface area contributed by atoms with Gasteiger partial charge in [-0.05, 0) is 153 Å². The van der Waals surface area contributed by atoms with Crippen molar-refractivity contribution in [2.24, 2.45) is 0 Å². The Bertz CT molecular complexity index is 4520. The lowest BCUT2D eigenvalue weighted by molar-refractivity contribution is -0.433. The van der Waals surface area contributed by atoms with E-state index in [1.807, 2.05) is 0 Å². The van der Waals surface area contributed by atoms with E-state index < -0.39 is 207 Å². The maximum absolute atomic E-state index is 14.7. The Morgan fingerprint density at radius 1 is 0.375 bits per heavy atom. The summed E-state index contributed by atoms with van der Waals surface area (Å²) in [5.41, 5.74) is -39.5. The van der Waals surface area contributed by atoms with Crippen LogP contribution in [-0.4, -0.2) is 97.6 Å². The zero-order valence-corrected chi connectivity index (χ0v) is 48.8. The quantitative estimate of drug-likeness (QED) is 0.0634. The van der Waals surface area contributed by atoms with Crippen LogP contribution in [0.5, 0.6) is 0 Å². The fraction of sp³-hybridized carbons (Fsp3) is 0.250. The number of fused-ring (bicyclic) bond motifs is 8. The molecule has 0 aliphatic carbocycles. The summed E-state index contributed by atoms with van der Waals surface area (Å²) in [7, 11) is 0. The number of aliphatic hydroxyl groups excluding tert-OH is 1. The molecule has 1 saturated heterocycles. The van der Waals surface area contributed by atoms with Gasteiger partial charge in [-0.1, -0.05) is 24.3 Å². The lowest BCUT2D eigenvalue weighted by Gasteiger charge is -2.64. The number of hydrogen-bond donors (Lipinski definition) is 7. The van der Waals surface area contributed by atoms with Gasteiger partial charge in [0.1, 0.15) is 0 Å². The minimum atomic E-state index is -5.57. The van der Waals surface area contributed by atoms with Crippen molar-refractivity contribution >= 4 is 69.5 Å². The number of benzene rings is 4. The lowest BCUT2D eigenvalue weighted by Crippen LogP contribution is -2.92. The van der Waals surface area contributed by atoms with Gasteiger partial charge in [0.2, 0.25) is 22.6 Å². The van der Waals surface area contributed by atoms with Crippen LogP contribution in [0.25, 0.3) is 90.9 Å². The Labute approximate surface area is 525 Å². The molecule has 1 fully saturated rings. The van der Waals surface area contributed by atoms with Crippen molar-refractivity contribution in [2.75, 3.05) is 6.61 Å². The van der Waals surface area contributed by atoms with Gasteiger partial charge >= 0.3 is 37.1 Å². The van der Waals surface area contributed by atoms with E-state index >= 15 is 0 Å². The second-order valence-electron chi connectivity index (χ2n) is 22.6. The number of carbonyl (C=O) groups is 4. The van der Waals surface area contributed by atoms with Gasteiger partial charge in [-0.3, -0.25) is 19.2 Å². The summed E-state index contributed by atoms with van der Waals surface area (Å²) in [4.78, 5) is 68.9. The first kappa shape index (κ1) is 69.5. The van der Waals surface area contributed by atoms with Crippen LogP contribution in [0.15, 0.2) is 103 Å². The molecule has 0 saturated carbocycles. The van der Waals surface area contributed by atoms with E-state index in [1.165, 1.54) is 0 Å². The first-order valence-corrected chi connectivity index (χ1v) is 27.5. The summed E-state index contributed by atoms with van der Waals surface area (Å²) in [5, 5.41) is 60.4. The summed E-state index contributed by atoms with van der Waals surface area (Å²) >= 11 is 0. The predicted octanol–water partition coefficient (Wildman–Crippen LogP) is 13.9. The summed E-state index contributed by atoms with van der Waals surface area (Å²) < 4.78 is 270. The first-order chi connectivity index (χ1) is 44.1. The molecule has 4 aromatic carbocycles. The van der Waals surface area contributed by atoms with E-state index in [9.17, 15) is 124 Å². The fourth-order valence-electron chi connectivity index (χ4n) is 12.2. The number of aromatic amines is 2. The molecule has 7 aromatic rings. The molecule has 0 radical (unpaired) electrons. The second kappa shape index (κ2) is 22.6. The smallest absolute Gasteiger partial charge is 0.393 e. The number of Topliss-reactive ketones (excluding diaryl/α,β-unsaturated/α-hetero) is 4. The number of aliphatic hydroxyl groups is 5. The average molecular weight is 1370 g/mol. The van der Waals surface area contributed by atoms with Crippen molar-refractivity contribution in [2.45, 2.75) is 92.9 Å². The van der Waals surface area contributed by atoms with E-state index in [1.54, 1.807) is 0 Å². The van der Waals surface area contributed by atoms with Crippen LogP contribution < -0.4 is 0 Å². The van der Waals surface area contributed by atoms with E-state index in [4.69, 9.17) is 4.74 Å². The molecule has 6 heterocycles. The molecule has 5 atom stereocenters. The van der Waals surface area contributed by atoms with Gasteiger partial charge in [0, 0.05) is 49.9 Å². The largest absolute Gasteiger partial charge is 0.416 e. The van der Waals surface area contributed by atoms with Crippen molar-refractivity contribution in [1.82, 2.24) is 19.9 Å². The van der Waals surface area contributed by atoms with Crippen molar-refractivity contribution < 1.29 is 128 Å². The second-order valence-corrected chi connectivity index (χ2v) is 22.6. The van der Waals surface area contributed by atoms with Gasteiger partial charge in [0.25, 0.3) is 0 Å². The van der Waals surface area contributed by atoms with Gasteiger partial charge < -0.3 is 40.2 Å². The molecule has 3 aliphatic heterocycles. The van der Waals surface area contributed by atoms with Gasteiger partial charge in [0.15, 0.2) is 28.7 Å². The molecule has 504 valence electrons. The SMILES string of the molecule is CC(=O)[C@]1(O)[C@@](O)(C(C)=O)[C@](CO)(C(C)=O)O[C@@](O)(c2ccc(-c3c4nc(c(-c5cc(C(F)(F)F)cc(C(F)(F)F)c5)c5ccc([nH]5)c(-c5cc(C(F)(F)F)cc(C(F)(F)F)c5)c5nc(c(-c6cc(C(F)(F)F)cc(C(F)(F)F)c6)c6ccc3[nH]6)C=C5)C=C4)cc2)[C@]1(O)C(C)=O. The van der Waals surface area contributed by atoms with Crippen LogP contribution in [0.2, 0.25) is 0 Å². The lowest BCUT2D eigenvalue weighted by atomic mass is 9.53. The van der Waals surface area contributed by atoms with E-state index in [-0.39, 0.29) is 71.2 Å². The molecule has 96 heavy (non-hydrogen) atoms. The Balaban J connectivity index is 1.40. The van der Waals surface area contributed by atoms with Crippen molar-refractivity contribution in [1.29, 1.82) is 0 Å². The van der Waals surface area contributed by atoms with Gasteiger partial charge in [0.05, 0.1) is 62.8 Å². The third-order valence-corrected chi connectivity index (χ3v) is 16.7. The van der Waals surface area contributed by atoms with Gasteiger partial charge in [-0.15, -0.1) is 0 Å². The molecule has 0 amide bonds. The maximum atomic E-state index is 14.7. The van der Waals surface area contributed by atoms with Crippen LogP contribution in [0.4, 0.5) is 79.0 Å². The third kappa shape index (κ3) is 11.0. The van der Waals surface area contributed by atoms with Crippen molar-refractivity contribution in [3.63, 3.8) is 0 Å². The summed E-state index contributed by atoms with van der Waals surface area (Å²) in [5.74, 6) is -11.2. The molecule has 7 N–H and O–H groups in total. The molecule has 10 rings (SSSR count). The standard InChI is InChI=1S/C64H42F18N4O10/c1-27(88)54(26-87)55(92,28(2)89)56(93,29(3)90)57(94,30(4)91)58(95,96-54)35-7-5-31(6-8-35)50-42-9-11-44(83-42)51(32-17-36(59(65,66)67)23-37(18-32)60(68,69)70)46-13-15-48(85-46)53(34-21-40(63(77,78)79)25-41(22-34)64(80,81)82)49-16-14-47(86-49)52(45-12-10-43(50)84-45)33-19-38(61(71,72)73)24-39(20-33)62(74,75)76/h5-25,83,86-87,92-95H,26H2,1-4H3/t54-,55+,56-,57-,58-/m0/s1. The highest BCUT2D eigenvalue weighted by atomic mass is 19.4. The highest BCUT2D eigenvalue weighted by molar-refractivity contribution is 6.10. The van der Waals surface area contributed by atoms with Crippen LogP contribution >= 0.6 is 0 Å². The predicted molar refractivity (Wildman–Crippen MR) is 303 cm³/mol. The zero-order valence-electron chi connectivity index (χ0n) is 48.8. The Hall–Kier alpha value is -9.34. The number of ketones is 4. The van der Waals surface area contributed by atoms with Crippen LogP contribution in [0, 0.1) is 0 Å². The van der Waals surface area contributed by atoms with Crippen LogP contribution in [0.1, 0.15) is 89.4 Å². The number of halogens is 18. The molecule has 0 spiro atoms. The van der Waals surface area contributed by atoms with Gasteiger partial charge in [-0.25, -0.2) is 9.97 Å². The molecule has 8 bridgehead atoms. The number of H-pyrrole nitrogens is 2. The fourth-order valence-corrected chi connectivity index (χ4v) is 12.2. The molecule has 32 heteroatoms. The average Bonchev–Trinajstić information content (AvgIpc) is 0.747. The number of ether oxygens (including phenoxy) is 1. The topological polar surface area (TPSA) is 236 Å². The zero-order chi connectivity index (χ0) is 71.2. The van der Waals surface area contributed by atoms with Gasteiger partial charge in [-0.2, -0.15) is 79.0 Å². The molecule has 3 aromatic heterocycles. The molecule has 14 nitrogen and oxygen atoms in total. The number of nitrogens with one attached hydrogen (secondary N) is 2. The monoisotopic (exact) mass is 1370 g/mol. The van der Waals surface area contributed by atoms with E-state index in [2.05, 4.69) is 19.9 Å². The number of rotatable bonds is 10. The number of nitrogens with zero attached hydrogens (tertiary/aromatic N) is 2. The normalized spacial score (nSPS) is 21.8. The summed E-state index contributed by atoms with van der Waals surface area (Å²) in [6.45, 7) is -0.0708. The number of hydrogen-bond acceptors (Lipinski definition) is 12. The van der Waals surface area contributed by atoms with Crippen molar-refractivity contribution in [3.8, 4) is 44.5 Å². The minimum Gasteiger partial charge on any atom is -0.393 e. The Morgan fingerprint density at radius 3 is 0.865 bits per heavy atom. The highest BCUT2D eigenvalue weighted by Gasteiger charge is 2.87. The van der Waals surface area contributed by atoms with Crippen molar-refractivity contribution in [3.05, 3.63) is 165 Å². The maximum Gasteiger partial charge on any atom is 0.416 e. The summed E-state index contributed by atoms with van der Waals surface area (Å²) in [6, 6.07) is 7.56. The number of alkyl halides is 18. The Kier molecular flexibility index (Phi) is 16.4. The molecular weight excluding hydrogens is 1330 g/mol. The highest BCUT2D eigenvalue weighted by Crippen LogP contribution is 2.59. The number of carbonyl (C=O) groups excluding carboxylic acids is 4.